The number of piperidine rings is 1. The van der Waals surface area contributed by atoms with Gasteiger partial charge >= 0.3 is 0 Å². The zero-order valence-electron chi connectivity index (χ0n) is 27.6. The summed E-state index contributed by atoms with van der Waals surface area (Å²) in [4.78, 5) is 27.7. The molecule has 262 valence electrons. The van der Waals surface area contributed by atoms with E-state index in [1.807, 2.05) is 0 Å². The van der Waals surface area contributed by atoms with Gasteiger partial charge in [-0.15, -0.1) is 0 Å². The maximum Gasteiger partial charge on any atom is 0.187 e. The molecule has 7 rings (SSSR count). The predicted molar refractivity (Wildman–Crippen MR) is 169 cm³/mol. The van der Waals surface area contributed by atoms with Gasteiger partial charge in [0.2, 0.25) is 0 Å². The van der Waals surface area contributed by atoms with Gasteiger partial charge < -0.3 is 40.3 Å². The van der Waals surface area contributed by atoms with Crippen molar-refractivity contribution < 1.29 is 49.9 Å². The van der Waals surface area contributed by atoms with Gasteiger partial charge in [0.25, 0.3) is 0 Å². The maximum absolute atomic E-state index is 14.0. The Labute approximate surface area is 277 Å². The molecule has 13 atom stereocenters. The second-order valence-corrected chi connectivity index (χ2v) is 16.5. The third kappa shape index (κ3) is 5.66. The Bertz CT molecular complexity index is 1300. The van der Waals surface area contributed by atoms with Crippen LogP contribution in [0.4, 0.5) is 0 Å². The summed E-state index contributed by atoms with van der Waals surface area (Å²) < 4.78 is 12.4. The van der Waals surface area contributed by atoms with Gasteiger partial charge in [-0.05, 0) is 81.1 Å². The number of ether oxygens (including phenoxy) is 2. The number of hydrogen-bond donors (Lipinski definition) is 7. The van der Waals surface area contributed by atoms with Crippen molar-refractivity contribution in [2.45, 2.75) is 133 Å². The average molecular weight is 660 g/mol. The summed E-state index contributed by atoms with van der Waals surface area (Å²) in [6.07, 6.45) is 7.47. The number of quaternary nitrogens is 1. The number of allylic oxidation sites excluding steroid dienone is 4. The minimum atomic E-state index is -2.05. The van der Waals surface area contributed by atoms with Crippen molar-refractivity contribution in [2.24, 2.45) is 46.2 Å². The molecule has 2 saturated heterocycles. The molecule has 0 aromatic rings. The van der Waals surface area contributed by atoms with Crippen molar-refractivity contribution in [2.75, 3.05) is 13.2 Å². The van der Waals surface area contributed by atoms with Gasteiger partial charge in [-0.3, -0.25) is 15.3 Å². The molecule has 5 unspecified atom stereocenters. The Kier molecular flexibility index (Phi) is 9.03. The topological polar surface area (TPSA) is 196 Å². The van der Waals surface area contributed by atoms with Crippen LogP contribution in [0.2, 0.25) is 0 Å². The van der Waals surface area contributed by atoms with E-state index < -0.39 is 66.6 Å². The van der Waals surface area contributed by atoms with E-state index in [1.54, 1.807) is 13.0 Å². The lowest BCUT2D eigenvalue weighted by Gasteiger charge is -2.54. The lowest BCUT2D eigenvalue weighted by atomic mass is 9.59. The Morgan fingerprint density at radius 2 is 1.81 bits per heavy atom. The summed E-state index contributed by atoms with van der Waals surface area (Å²) in [5.74, 6) is -3.37. The lowest BCUT2D eigenvalue weighted by Crippen LogP contribution is -2.95. The van der Waals surface area contributed by atoms with Crippen LogP contribution in [0.25, 0.3) is 0 Å². The largest absolute Gasteiger partial charge is 0.512 e. The monoisotopic (exact) mass is 659 g/mol. The first-order chi connectivity index (χ1) is 22.4. The highest BCUT2D eigenvalue weighted by molar-refractivity contribution is 6.02. The smallest absolute Gasteiger partial charge is 0.187 e. The molecule has 0 bridgehead atoms. The van der Waals surface area contributed by atoms with Crippen molar-refractivity contribution in [3.63, 3.8) is 0 Å². The maximum atomic E-state index is 14.0. The molecule has 0 amide bonds. The van der Waals surface area contributed by atoms with Crippen molar-refractivity contribution in [1.29, 1.82) is 0 Å². The van der Waals surface area contributed by atoms with Gasteiger partial charge in [0.15, 0.2) is 12.1 Å². The molecule has 4 saturated carbocycles. The zero-order chi connectivity index (χ0) is 33.3. The van der Waals surface area contributed by atoms with Gasteiger partial charge in [-0.1, -0.05) is 30.9 Å². The van der Waals surface area contributed by atoms with Crippen LogP contribution in [-0.4, -0.2) is 92.7 Å². The van der Waals surface area contributed by atoms with Crippen LogP contribution in [-0.2, 0) is 19.1 Å². The van der Waals surface area contributed by atoms with Crippen LogP contribution >= 0.6 is 0 Å². The van der Waals surface area contributed by atoms with Crippen LogP contribution in [0, 0.1) is 40.4 Å². The Balaban J connectivity index is 1.17. The highest BCUT2D eigenvalue weighted by Crippen LogP contribution is 2.64. The Morgan fingerprint density at radius 3 is 2.53 bits per heavy atom. The first kappa shape index (κ1) is 33.8. The Hall–Kier alpha value is -1.70. The molecular formula is C36H55N2O9+. The van der Waals surface area contributed by atoms with Crippen molar-refractivity contribution >= 4 is 11.6 Å². The summed E-state index contributed by atoms with van der Waals surface area (Å²) >= 11 is 0. The molecule has 2 aliphatic heterocycles. The highest BCUT2D eigenvalue weighted by atomic mass is 16.7. The summed E-state index contributed by atoms with van der Waals surface area (Å²) in [5, 5.41) is 59.3. The molecular weight excluding hydrogens is 604 g/mol. The number of rotatable bonds is 6. The third-order valence-electron chi connectivity index (χ3n) is 13.7. The number of aliphatic hydroxyl groups is 5. The first-order valence-corrected chi connectivity index (χ1v) is 18.2. The van der Waals surface area contributed by atoms with Crippen LogP contribution in [0.3, 0.4) is 0 Å². The van der Waals surface area contributed by atoms with E-state index in [1.165, 1.54) is 18.9 Å². The second kappa shape index (κ2) is 12.6. The van der Waals surface area contributed by atoms with E-state index in [2.05, 4.69) is 5.32 Å². The molecule has 0 aromatic heterocycles. The molecule has 5 aliphatic carbocycles. The number of carbonyl (C=O) groups excluding carboxylic acids is 2. The molecule has 0 aromatic carbocycles. The van der Waals surface area contributed by atoms with Crippen molar-refractivity contribution in [3.05, 3.63) is 23.5 Å². The fraction of sp³-hybridized carbons (Fsp3) is 0.833. The molecule has 1 spiro atoms. The van der Waals surface area contributed by atoms with Crippen LogP contribution in [0.15, 0.2) is 23.5 Å². The van der Waals surface area contributed by atoms with Crippen molar-refractivity contribution in [1.82, 2.24) is 0 Å². The molecule has 11 nitrogen and oxygen atoms in total. The molecule has 2 heterocycles. The van der Waals surface area contributed by atoms with Gasteiger partial charge in [0, 0.05) is 18.8 Å². The normalized spacial score (nSPS) is 48.2. The van der Waals surface area contributed by atoms with Gasteiger partial charge in [0.1, 0.15) is 41.6 Å². The number of ketones is 2. The molecule has 47 heavy (non-hydrogen) atoms. The summed E-state index contributed by atoms with van der Waals surface area (Å²) in [6.45, 7) is 2.08. The van der Waals surface area contributed by atoms with Gasteiger partial charge in [-0.25, -0.2) is 0 Å². The number of fused-ring (bicyclic) bond motifs is 2. The molecule has 9 N–H and O–H groups in total. The molecule has 11 heteroatoms. The summed E-state index contributed by atoms with van der Waals surface area (Å²) in [6, 6.07) is 0. The average Bonchev–Trinajstić information content (AvgIpc) is 3.66. The van der Waals surface area contributed by atoms with E-state index in [9.17, 15) is 35.1 Å². The minimum Gasteiger partial charge on any atom is -0.512 e. The zero-order valence-corrected chi connectivity index (χ0v) is 27.6. The Morgan fingerprint density at radius 1 is 1.04 bits per heavy atom. The van der Waals surface area contributed by atoms with Gasteiger partial charge in [0.05, 0.1) is 37.0 Å². The summed E-state index contributed by atoms with van der Waals surface area (Å²) in [7, 11) is 0. The standard InChI is InChI=1S/C36H54N2O9/c1-19-13-22-27(23(40)14-19)30(42)28-21(29(22)41)5-4-6-24(28)46-33-32(44)36(45,31(43)25(16-39)47-33)18-35(20-7-12-38-26(37)15-20)11-10-34(17-35)8-2-3-9-34/h13-14,20-22,24-28,31-33,38-40,43-45H,2-12,15-18,37H2,1H3/p+1/t20?,21?,22-,24?,25-,26?,27+,28?,31-,32+,33+,35-,36+/m1/s1. The highest BCUT2D eigenvalue weighted by Gasteiger charge is 2.63. The van der Waals surface area contributed by atoms with Crippen LogP contribution in [0.1, 0.15) is 90.4 Å². The molecule has 0 radical (unpaired) electrons. The minimum absolute atomic E-state index is 0.0429. The quantitative estimate of drug-likeness (QED) is 0.217. The number of Topliss-reactive ketones (excluding diaryl/α,β-unsaturated/α-hetero) is 2. The van der Waals surface area contributed by atoms with E-state index in [0.29, 0.717) is 19.3 Å². The number of hydrogen-bond acceptors (Lipinski definition) is 10. The molecule has 6 fully saturated rings. The van der Waals surface area contributed by atoms with Crippen molar-refractivity contribution in [3.8, 4) is 0 Å². The number of nitrogens with two attached hydrogens (primary N) is 2. The van der Waals surface area contributed by atoms with Gasteiger partial charge in [-0.2, -0.15) is 0 Å². The van der Waals surface area contributed by atoms with Crippen LogP contribution in [0.5, 0.6) is 0 Å². The lowest BCUT2D eigenvalue weighted by molar-refractivity contribution is -0.700. The fourth-order valence-corrected chi connectivity index (χ4v) is 11.5. The van der Waals surface area contributed by atoms with E-state index >= 15 is 0 Å². The fourth-order valence-electron chi connectivity index (χ4n) is 11.5. The number of carbonyl (C=O) groups is 2. The second-order valence-electron chi connectivity index (χ2n) is 16.5. The summed E-state index contributed by atoms with van der Waals surface area (Å²) in [5.41, 5.74) is 4.98. The van der Waals surface area contributed by atoms with E-state index in [4.69, 9.17) is 15.2 Å². The number of aliphatic hydroxyl groups excluding tert-OH is 4. The van der Waals surface area contributed by atoms with Crippen LogP contribution < -0.4 is 11.1 Å². The van der Waals surface area contributed by atoms with E-state index in [0.717, 1.165) is 57.1 Å². The first-order valence-electron chi connectivity index (χ1n) is 18.2. The predicted octanol–water partition coefficient (Wildman–Crippen LogP) is 1.12. The van der Waals surface area contributed by atoms with E-state index in [-0.39, 0.29) is 46.7 Å². The molecule has 7 aliphatic rings. The third-order valence-corrected chi connectivity index (χ3v) is 13.7. The SMILES string of the molecule is CC1=C[C@H]2C(=O)C3CCCC(O[C@H]4O[C@H](CO)[C@@H](O)[C@@](O)(C[C@@]5(C6CC[NH2+]C(N)C6)CCC6(CCCC6)C5)[C@H]4O)C3C(=O)[C@@H]2C(O)=C1.